The van der Waals surface area contributed by atoms with Gasteiger partial charge in [-0.15, -0.1) is 0 Å². The van der Waals surface area contributed by atoms with Crippen molar-refractivity contribution in [2.24, 2.45) is 0 Å². The molecule has 1 aliphatic heterocycles. The average molecular weight is 297 g/mol. The maximum atomic E-state index is 12.1. The lowest BCUT2D eigenvalue weighted by atomic mass is 9.99. The highest BCUT2D eigenvalue weighted by atomic mass is 32.2. The second-order valence-corrected chi connectivity index (χ2v) is 6.69. The van der Waals surface area contributed by atoms with Gasteiger partial charge in [0.05, 0.1) is 17.0 Å². The predicted molar refractivity (Wildman–Crippen MR) is 78.4 cm³/mol. The largest absolute Gasteiger partial charge is 0.384 e. The molecule has 0 aromatic heterocycles. The summed E-state index contributed by atoms with van der Waals surface area (Å²) in [6.07, 6.45) is 2.01. The summed E-state index contributed by atoms with van der Waals surface area (Å²) in [4.78, 5) is 12.1. The number of hydrogen-bond donors (Lipinski definition) is 3. The number of sulfonamides is 1. The van der Waals surface area contributed by atoms with Gasteiger partial charge in [-0.25, -0.2) is 13.1 Å². The molecule has 1 heterocycles. The van der Waals surface area contributed by atoms with Crippen LogP contribution in [0.3, 0.4) is 0 Å². The van der Waals surface area contributed by atoms with Gasteiger partial charge >= 0.3 is 0 Å². The van der Waals surface area contributed by atoms with Gasteiger partial charge in [-0.3, -0.25) is 4.79 Å². The van der Waals surface area contributed by atoms with Crippen molar-refractivity contribution in [1.82, 2.24) is 10.0 Å². The van der Waals surface area contributed by atoms with E-state index in [1.54, 1.807) is 6.07 Å². The molecule has 0 atom stereocenters. The Morgan fingerprint density at radius 1 is 1.40 bits per heavy atom. The lowest BCUT2D eigenvalue weighted by Crippen LogP contribution is -2.33. The average Bonchev–Trinajstić information content (AvgIpc) is 2.46. The second kappa shape index (κ2) is 6.23. The van der Waals surface area contributed by atoms with Gasteiger partial charge in [0.25, 0.3) is 5.91 Å². The Morgan fingerprint density at radius 3 is 2.95 bits per heavy atom. The fourth-order valence-corrected chi connectivity index (χ4v) is 2.77. The van der Waals surface area contributed by atoms with Crippen LogP contribution in [0.25, 0.3) is 0 Å². The molecule has 2 rings (SSSR count). The number of amides is 1. The van der Waals surface area contributed by atoms with E-state index in [-0.39, 0.29) is 18.2 Å². The van der Waals surface area contributed by atoms with Crippen LogP contribution in [0.2, 0.25) is 0 Å². The van der Waals surface area contributed by atoms with Gasteiger partial charge in [0, 0.05) is 13.1 Å². The molecule has 3 N–H and O–H groups in total. The minimum atomic E-state index is -3.30. The SMILES string of the molecule is CNS(=O)(=O)CCNC(=O)c1cccc2c1NCCC2. The second-order valence-electron chi connectivity index (χ2n) is 4.65. The summed E-state index contributed by atoms with van der Waals surface area (Å²) in [7, 11) is -1.94. The molecule has 110 valence electrons. The molecule has 7 heteroatoms. The Hall–Kier alpha value is -1.60. The molecule has 0 fully saturated rings. The van der Waals surface area contributed by atoms with Crippen molar-refractivity contribution in [3.63, 3.8) is 0 Å². The molecule has 0 saturated carbocycles. The van der Waals surface area contributed by atoms with Crippen molar-refractivity contribution in [2.45, 2.75) is 12.8 Å². The first-order chi connectivity index (χ1) is 9.53. The summed E-state index contributed by atoms with van der Waals surface area (Å²) < 4.78 is 24.8. The van der Waals surface area contributed by atoms with E-state index >= 15 is 0 Å². The van der Waals surface area contributed by atoms with Crippen LogP contribution in [0.5, 0.6) is 0 Å². The number of benzene rings is 1. The topological polar surface area (TPSA) is 87.3 Å². The molecule has 6 nitrogen and oxygen atoms in total. The molecular weight excluding hydrogens is 278 g/mol. The molecule has 1 aliphatic rings. The first kappa shape index (κ1) is 14.8. The standard InChI is InChI=1S/C13H19N3O3S/c1-14-20(18,19)9-8-16-13(17)11-6-2-4-10-5-3-7-15-12(10)11/h2,4,6,14-15H,3,5,7-9H2,1H3,(H,16,17). The molecule has 1 aromatic carbocycles. The predicted octanol–water partition coefficient (Wildman–Crippen LogP) is 0.324. The van der Waals surface area contributed by atoms with Gasteiger partial charge in [-0.2, -0.15) is 0 Å². The van der Waals surface area contributed by atoms with Crippen molar-refractivity contribution in [3.05, 3.63) is 29.3 Å². The van der Waals surface area contributed by atoms with Crippen molar-refractivity contribution in [3.8, 4) is 0 Å². The first-order valence-electron chi connectivity index (χ1n) is 6.58. The van der Waals surface area contributed by atoms with Crippen LogP contribution < -0.4 is 15.4 Å². The molecule has 0 bridgehead atoms. The van der Waals surface area contributed by atoms with Crippen LogP contribution in [0.1, 0.15) is 22.3 Å². The van der Waals surface area contributed by atoms with Gasteiger partial charge in [-0.05, 0) is 31.5 Å². The number of rotatable bonds is 5. The van der Waals surface area contributed by atoms with E-state index in [4.69, 9.17) is 0 Å². The van der Waals surface area contributed by atoms with Crippen LogP contribution in [0.4, 0.5) is 5.69 Å². The minimum Gasteiger partial charge on any atom is -0.384 e. The lowest BCUT2D eigenvalue weighted by molar-refractivity contribution is 0.0957. The van der Waals surface area contributed by atoms with Gasteiger partial charge in [0.2, 0.25) is 10.0 Å². The van der Waals surface area contributed by atoms with Gasteiger partial charge < -0.3 is 10.6 Å². The minimum absolute atomic E-state index is 0.0890. The third kappa shape index (κ3) is 3.49. The Labute approximate surface area is 119 Å². The number of fused-ring (bicyclic) bond motifs is 1. The number of anilines is 1. The van der Waals surface area contributed by atoms with Crippen LogP contribution in [0.15, 0.2) is 18.2 Å². The zero-order valence-corrected chi connectivity index (χ0v) is 12.2. The molecule has 0 spiro atoms. The Morgan fingerprint density at radius 2 is 2.20 bits per heavy atom. The smallest absolute Gasteiger partial charge is 0.253 e. The third-order valence-electron chi connectivity index (χ3n) is 3.29. The van der Waals surface area contributed by atoms with Crippen molar-refractivity contribution >= 4 is 21.6 Å². The number of nitrogens with one attached hydrogen (secondary N) is 3. The molecule has 0 aliphatic carbocycles. The first-order valence-corrected chi connectivity index (χ1v) is 8.24. The molecular formula is C13H19N3O3S. The fraction of sp³-hybridized carbons (Fsp3) is 0.462. The van der Waals surface area contributed by atoms with E-state index in [2.05, 4.69) is 15.4 Å². The van der Waals surface area contributed by atoms with Crippen molar-refractivity contribution in [1.29, 1.82) is 0 Å². The number of hydrogen-bond acceptors (Lipinski definition) is 4. The highest BCUT2D eigenvalue weighted by Gasteiger charge is 2.17. The number of carbonyl (C=O) groups is 1. The highest BCUT2D eigenvalue weighted by molar-refractivity contribution is 7.89. The van der Waals surface area contributed by atoms with Gasteiger partial charge in [0.15, 0.2) is 0 Å². The summed E-state index contributed by atoms with van der Waals surface area (Å²) in [5.74, 6) is -0.375. The summed E-state index contributed by atoms with van der Waals surface area (Å²) in [6.45, 7) is 0.942. The fourth-order valence-electron chi connectivity index (χ4n) is 2.19. The van der Waals surface area contributed by atoms with Crippen LogP contribution in [-0.2, 0) is 16.4 Å². The van der Waals surface area contributed by atoms with E-state index in [1.165, 1.54) is 7.05 Å². The number of aryl methyl sites for hydroxylation is 1. The van der Waals surface area contributed by atoms with E-state index < -0.39 is 10.0 Å². The van der Waals surface area contributed by atoms with Crippen molar-refractivity contribution < 1.29 is 13.2 Å². The Kier molecular flexibility index (Phi) is 4.61. The number of carbonyl (C=O) groups excluding carboxylic acids is 1. The van der Waals surface area contributed by atoms with Crippen LogP contribution in [-0.4, -0.2) is 40.2 Å². The van der Waals surface area contributed by atoms with E-state index in [9.17, 15) is 13.2 Å². The lowest BCUT2D eigenvalue weighted by Gasteiger charge is -2.20. The molecule has 1 aromatic rings. The van der Waals surface area contributed by atoms with E-state index in [1.807, 2.05) is 12.1 Å². The van der Waals surface area contributed by atoms with E-state index in [0.29, 0.717) is 5.56 Å². The maximum absolute atomic E-state index is 12.1. The van der Waals surface area contributed by atoms with Crippen LogP contribution >= 0.6 is 0 Å². The summed E-state index contributed by atoms with van der Waals surface area (Å²) >= 11 is 0. The molecule has 1 amide bonds. The zero-order chi connectivity index (χ0) is 14.6. The molecule has 0 saturated heterocycles. The summed E-state index contributed by atoms with van der Waals surface area (Å²) in [5.41, 5.74) is 2.57. The van der Waals surface area contributed by atoms with Crippen molar-refractivity contribution in [2.75, 3.05) is 31.2 Å². The monoisotopic (exact) mass is 297 g/mol. The summed E-state index contributed by atoms with van der Waals surface area (Å²) in [5, 5.41) is 5.88. The molecule has 0 unspecified atom stereocenters. The number of para-hydroxylation sites is 1. The van der Waals surface area contributed by atoms with Gasteiger partial charge in [0.1, 0.15) is 0 Å². The van der Waals surface area contributed by atoms with Gasteiger partial charge in [-0.1, -0.05) is 12.1 Å². The normalized spacial score (nSPS) is 14.2. The summed E-state index contributed by atoms with van der Waals surface area (Å²) in [6, 6.07) is 5.61. The Bertz CT molecular complexity index is 599. The molecule has 0 radical (unpaired) electrons. The quantitative estimate of drug-likeness (QED) is 0.730. The maximum Gasteiger partial charge on any atom is 0.253 e. The highest BCUT2D eigenvalue weighted by Crippen LogP contribution is 2.25. The van der Waals surface area contributed by atoms with E-state index in [0.717, 1.165) is 30.6 Å². The van der Waals surface area contributed by atoms with Crippen LogP contribution in [0, 0.1) is 0 Å². The molecule has 20 heavy (non-hydrogen) atoms. The zero-order valence-electron chi connectivity index (χ0n) is 11.4. The Balaban J connectivity index is 2.03. The third-order valence-corrected chi connectivity index (χ3v) is 4.65.